The fraction of sp³-hybridized carbons (Fsp3) is 0.250. The number of methoxy groups -OCH3 is 1. The quantitative estimate of drug-likeness (QED) is 0.764. The first kappa shape index (κ1) is 9.77. The zero-order valence-corrected chi connectivity index (χ0v) is 8.97. The Morgan fingerprint density at radius 2 is 2.13 bits per heavy atom. The summed E-state index contributed by atoms with van der Waals surface area (Å²) in [6.45, 7) is 3.01. The average Bonchev–Trinajstić information content (AvgIpc) is 2.76. The van der Waals surface area contributed by atoms with E-state index in [1.165, 1.54) is 0 Å². The van der Waals surface area contributed by atoms with Crippen LogP contribution in [-0.2, 0) is 6.54 Å². The largest absolute Gasteiger partial charge is 0.496 e. The van der Waals surface area contributed by atoms with Crippen LogP contribution < -0.4 is 4.74 Å². The molecule has 3 nitrogen and oxygen atoms in total. The van der Waals surface area contributed by atoms with Crippen LogP contribution in [0.3, 0.4) is 0 Å². The fourth-order valence-electron chi connectivity index (χ4n) is 1.64. The van der Waals surface area contributed by atoms with Crippen LogP contribution in [0.5, 0.6) is 5.75 Å². The van der Waals surface area contributed by atoms with E-state index in [9.17, 15) is 0 Å². The number of ether oxygens (including phenoxy) is 1. The van der Waals surface area contributed by atoms with Gasteiger partial charge >= 0.3 is 0 Å². The van der Waals surface area contributed by atoms with Crippen LogP contribution >= 0.6 is 0 Å². The van der Waals surface area contributed by atoms with Crippen molar-refractivity contribution in [2.45, 2.75) is 13.5 Å². The molecule has 0 N–H and O–H groups in total. The van der Waals surface area contributed by atoms with Gasteiger partial charge in [0.1, 0.15) is 11.6 Å². The average molecular weight is 202 g/mol. The summed E-state index contributed by atoms with van der Waals surface area (Å²) in [7, 11) is 1.68. The minimum absolute atomic E-state index is 0.860. The minimum atomic E-state index is 0.860. The molecule has 0 aliphatic heterocycles. The van der Waals surface area contributed by atoms with Gasteiger partial charge in [0.2, 0.25) is 0 Å². The molecule has 0 bridgehead atoms. The van der Waals surface area contributed by atoms with E-state index in [0.717, 1.165) is 23.7 Å². The minimum Gasteiger partial charge on any atom is -0.496 e. The van der Waals surface area contributed by atoms with E-state index < -0.39 is 0 Å². The summed E-state index contributed by atoms with van der Waals surface area (Å²) in [4.78, 5) is 4.35. The number of aryl methyl sites for hydroxylation is 1. The fourth-order valence-corrected chi connectivity index (χ4v) is 1.64. The van der Waals surface area contributed by atoms with Crippen molar-refractivity contribution in [2.75, 3.05) is 7.11 Å². The standard InChI is InChI=1S/C12H14N2O/c1-3-14-9-8-13-12(14)10-6-4-5-7-11(10)15-2/h4-9H,3H2,1-2H3. The third kappa shape index (κ3) is 1.73. The van der Waals surface area contributed by atoms with E-state index >= 15 is 0 Å². The number of imidazole rings is 1. The lowest BCUT2D eigenvalue weighted by atomic mass is 10.2. The maximum absolute atomic E-state index is 5.32. The molecule has 0 unspecified atom stereocenters. The lowest BCUT2D eigenvalue weighted by Gasteiger charge is -2.08. The molecule has 2 aromatic rings. The second-order valence-corrected chi connectivity index (χ2v) is 3.24. The monoisotopic (exact) mass is 202 g/mol. The second-order valence-electron chi connectivity index (χ2n) is 3.24. The Kier molecular flexibility index (Phi) is 2.72. The van der Waals surface area contributed by atoms with E-state index in [0.29, 0.717) is 0 Å². The highest BCUT2D eigenvalue weighted by Crippen LogP contribution is 2.27. The van der Waals surface area contributed by atoms with Crippen LogP contribution in [0.2, 0.25) is 0 Å². The molecule has 15 heavy (non-hydrogen) atoms. The Labute approximate surface area is 89.3 Å². The van der Waals surface area contributed by atoms with Crippen molar-refractivity contribution in [3.63, 3.8) is 0 Å². The number of hydrogen-bond acceptors (Lipinski definition) is 2. The normalized spacial score (nSPS) is 10.3. The molecule has 0 saturated carbocycles. The lowest BCUT2D eigenvalue weighted by Crippen LogP contribution is -1.97. The van der Waals surface area contributed by atoms with Crippen molar-refractivity contribution in [1.82, 2.24) is 9.55 Å². The van der Waals surface area contributed by atoms with Crippen molar-refractivity contribution in [3.8, 4) is 17.1 Å². The van der Waals surface area contributed by atoms with Crippen molar-refractivity contribution in [1.29, 1.82) is 0 Å². The highest BCUT2D eigenvalue weighted by molar-refractivity contribution is 5.64. The van der Waals surface area contributed by atoms with Gasteiger partial charge < -0.3 is 9.30 Å². The summed E-state index contributed by atoms with van der Waals surface area (Å²) in [5.41, 5.74) is 1.03. The Morgan fingerprint density at radius 1 is 1.33 bits per heavy atom. The van der Waals surface area contributed by atoms with E-state index in [-0.39, 0.29) is 0 Å². The Balaban J connectivity index is 2.53. The highest BCUT2D eigenvalue weighted by Gasteiger charge is 2.09. The van der Waals surface area contributed by atoms with E-state index in [1.54, 1.807) is 7.11 Å². The van der Waals surface area contributed by atoms with Crippen molar-refractivity contribution in [3.05, 3.63) is 36.7 Å². The Morgan fingerprint density at radius 3 is 2.87 bits per heavy atom. The molecule has 0 amide bonds. The molecule has 0 spiro atoms. The first-order valence-electron chi connectivity index (χ1n) is 5.01. The highest BCUT2D eigenvalue weighted by atomic mass is 16.5. The Bertz CT molecular complexity index is 448. The molecular formula is C12H14N2O. The number of hydrogen-bond donors (Lipinski definition) is 0. The van der Waals surface area contributed by atoms with Crippen molar-refractivity contribution >= 4 is 0 Å². The van der Waals surface area contributed by atoms with Crippen LogP contribution in [-0.4, -0.2) is 16.7 Å². The third-order valence-electron chi connectivity index (χ3n) is 2.40. The first-order valence-corrected chi connectivity index (χ1v) is 5.01. The maximum Gasteiger partial charge on any atom is 0.143 e. The summed E-state index contributed by atoms with van der Waals surface area (Å²) in [5, 5.41) is 0. The number of rotatable bonds is 3. The van der Waals surface area contributed by atoms with Gasteiger partial charge in [-0.1, -0.05) is 12.1 Å². The van der Waals surface area contributed by atoms with Crippen LogP contribution in [0.4, 0.5) is 0 Å². The zero-order chi connectivity index (χ0) is 10.7. The lowest BCUT2D eigenvalue weighted by molar-refractivity contribution is 0.416. The van der Waals surface area contributed by atoms with Gasteiger partial charge in [0.05, 0.1) is 12.7 Å². The molecule has 0 fully saturated rings. The SMILES string of the molecule is CCn1ccnc1-c1ccccc1OC. The molecule has 0 saturated heterocycles. The molecule has 2 rings (SSSR count). The number of aromatic nitrogens is 2. The smallest absolute Gasteiger partial charge is 0.143 e. The molecule has 0 atom stereocenters. The van der Waals surface area contributed by atoms with E-state index in [2.05, 4.69) is 16.5 Å². The maximum atomic E-state index is 5.32. The van der Waals surface area contributed by atoms with Gasteiger partial charge in [0.15, 0.2) is 0 Å². The van der Waals surface area contributed by atoms with Crippen LogP contribution in [0.1, 0.15) is 6.92 Å². The van der Waals surface area contributed by atoms with Gasteiger partial charge in [-0.25, -0.2) is 4.98 Å². The summed E-state index contributed by atoms with van der Waals surface area (Å²) < 4.78 is 7.41. The van der Waals surface area contributed by atoms with Gasteiger partial charge in [-0.2, -0.15) is 0 Å². The van der Waals surface area contributed by atoms with E-state index in [1.807, 2.05) is 36.7 Å². The van der Waals surface area contributed by atoms with Crippen molar-refractivity contribution < 1.29 is 4.74 Å². The van der Waals surface area contributed by atoms with Gasteiger partial charge in [-0.15, -0.1) is 0 Å². The van der Waals surface area contributed by atoms with Crippen LogP contribution in [0.25, 0.3) is 11.4 Å². The van der Waals surface area contributed by atoms with Gasteiger partial charge in [-0.3, -0.25) is 0 Å². The molecule has 1 aromatic carbocycles. The van der Waals surface area contributed by atoms with Gasteiger partial charge in [0, 0.05) is 18.9 Å². The summed E-state index contributed by atoms with van der Waals surface area (Å²) >= 11 is 0. The molecule has 0 aliphatic carbocycles. The third-order valence-corrected chi connectivity index (χ3v) is 2.40. The zero-order valence-electron chi connectivity index (χ0n) is 8.97. The summed E-state index contributed by atoms with van der Waals surface area (Å²) in [6.07, 6.45) is 3.78. The molecule has 78 valence electrons. The van der Waals surface area contributed by atoms with Crippen LogP contribution in [0.15, 0.2) is 36.7 Å². The predicted octanol–water partition coefficient (Wildman–Crippen LogP) is 2.58. The van der Waals surface area contributed by atoms with Gasteiger partial charge in [0.25, 0.3) is 0 Å². The van der Waals surface area contributed by atoms with Crippen LogP contribution in [0, 0.1) is 0 Å². The molecule has 0 aliphatic rings. The predicted molar refractivity (Wildman–Crippen MR) is 59.9 cm³/mol. The Hall–Kier alpha value is -1.77. The molecule has 1 heterocycles. The number of para-hydroxylation sites is 1. The molecule has 3 heteroatoms. The number of benzene rings is 1. The molecule has 0 radical (unpaired) electrons. The summed E-state index contributed by atoms with van der Waals surface area (Å²) in [5.74, 6) is 1.81. The second kappa shape index (κ2) is 4.17. The van der Waals surface area contributed by atoms with E-state index in [4.69, 9.17) is 4.74 Å². The van der Waals surface area contributed by atoms with Crippen molar-refractivity contribution in [2.24, 2.45) is 0 Å². The number of nitrogens with zero attached hydrogens (tertiary/aromatic N) is 2. The summed E-state index contributed by atoms with van der Waals surface area (Å²) in [6, 6.07) is 7.92. The molecule has 1 aromatic heterocycles. The topological polar surface area (TPSA) is 27.1 Å². The molecular weight excluding hydrogens is 188 g/mol. The first-order chi connectivity index (χ1) is 7.36. The van der Waals surface area contributed by atoms with Gasteiger partial charge in [-0.05, 0) is 19.1 Å².